The van der Waals surface area contributed by atoms with Crippen LogP contribution >= 0.6 is 31.9 Å². The van der Waals surface area contributed by atoms with Gasteiger partial charge >= 0.3 is 14.6 Å². The summed E-state index contributed by atoms with van der Waals surface area (Å²) in [4.78, 5) is 0. The molecule has 0 aliphatic carbocycles. The fourth-order valence-electron chi connectivity index (χ4n) is 8.61. The average molecular weight is 1060 g/mol. The molecule has 0 saturated heterocycles. The lowest BCUT2D eigenvalue weighted by Gasteiger charge is -2.22. The number of methoxy groups -OCH3 is 2. The van der Waals surface area contributed by atoms with Crippen LogP contribution in [0.3, 0.4) is 0 Å². The van der Waals surface area contributed by atoms with Gasteiger partial charge in [-0.15, -0.1) is 0 Å². The van der Waals surface area contributed by atoms with Crippen LogP contribution < -0.4 is 18.8 Å². The molecule has 10 aromatic carbocycles. The Morgan fingerprint density at radius 3 is 1.17 bits per heavy atom. The first-order valence-electron chi connectivity index (χ1n) is 22.0. The van der Waals surface area contributed by atoms with Crippen LogP contribution in [0.4, 0.5) is 0 Å². The van der Waals surface area contributed by atoms with Crippen molar-refractivity contribution in [2.45, 2.75) is 13.8 Å². The molecular formula is C56H46B2Br2O10. The van der Waals surface area contributed by atoms with Crippen molar-refractivity contribution in [1.82, 2.24) is 0 Å². The second-order valence-electron chi connectivity index (χ2n) is 16.2. The van der Waals surface area contributed by atoms with Gasteiger partial charge in [-0.05, 0) is 117 Å². The fourth-order valence-corrected chi connectivity index (χ4v) is 9.14. The summed E-state index contributed by atoms with van der Waals surface area (Å²) >= 11 is 6.65. The Labute approximate surface area is 422 Å². The number of ether oxygens (including phenoxy) is 2. The highest BCUT2D eigenvalue weighted by Gasteiger charge is 2.28. The van der Waals surface area contributed by atoms with Gasteiger partial charge in [0.2, 0.25) is 0 Å². The molecule has 0 radical (unpaired) electrons. The monoisotopic (exact) mass is 1060 g/mol. The van der Waals surface area contributed by atoms with Crippen molar-refractivity contribution < 1.29 is 49.1 Å². The predicted molar refractivity (Wildman–Crippen MR) is 289 cm³/mol. The van der Waals surface area contributed by atoms with Gasteiger partial charge in [0.1, 0.15) is 23.0 Å². The maximum atomic E-state index is 11.5. The summed E-state index contributed by atoms with van der Waals surface area (Å²) in [6.45, 7) is 3.95. The third kappa shape index (κ3) is 10.4. The highest BCUT2D eigenvalue weighted by molar-refractivity contribution is 9.11. The van der Waals surface area contributed by atoms with Crippen LogP contribution in [0.25, 0.3) is 76.5 Å². The average Bonchev–Trinajstić information content (AvgIpc) is 3.35. The van der Waals surface area contributed by atoms with Gasteiger partial charge in [0.05, 0.1) is 14.2 Å². The summed E-state index contributed by atoms with van der Waals surface area (Å²) in [7, 11) is -1.24. The number of phenolic OH excluding ortho intramolecular Hbond substituents is 2. The van der Waals surface area contributed by atoms with E-state index in [0.29, 0.717) is 22.3 Å². The van der Waals surface area contributed by atoms with Gasteiger partial charge in [-0.3, -0.25) is 0 Å². The Bertz CT molecular complexity index is 3380. The van der Waals surface area contributed by atoms with Gasteiger partial charge in [-0.2, -0.15) is 0 Å². The van der Waals surface area contributed by atoms with Crippen LogP contribution in [0.1, 0.15) is 11.1 Å². The molecule has 0 aliphatic heterocycles. The molecule has 0 saturated carbocycles. The summed E-state index contributed by atoms with van der Waals surface area (Å²) in [5.41, 5.74) is 6.10. The number of rotatable bonds is 9. The SMILES string of the molecule is Brc1ccc(Br)cc1.COc1c(OB(O)O)cc2ccccc2c1-c1c(OC)c(OB(O)O)cc2ccccc12.Cc1ccc(-c2cc3ccccc3c(-c3c(O)c(C)cc4ccccc34)c2O)cc1. The number of phenols is 2. The lowest BCUT2D eigenvalue weighted by molar-refractivity contribution is 0.278. The predicted octanol–water partition coefficient (Wildman–Crippen LogP) is 12.9. The Morgan fingerprint density at radius 1 is 0.414 bits per heavy atom. The molecule has 0 spiro atoms. The molecule has 0 aliphatic rings. The van der Waals surface area contributed by atoms with E-state index in [4.69, 9.17) is 18.8 Å². The van der Waals surface area contributed by atoms with Gasteiger partial charge < -0.3 is 49.1 Å². The highest BCUT2D eigenvalue weighted by Crippen LogP contribution is 2.53. The van der Waals surface area contributed by atoms with E-state index < -0.39 is 14.6 Å². The molecule has 0 aromatic heterocycles. The van der Waals surface area contributed by atoms with Crippen molar-refractivity contribution >= 4 is 89.6 Å². The number of fused-ring (bicyclic) bond motifs is 4. The smallest absolute Gasteiger partial charge is 0.509 e. The molecule has 10 aromatic rings. The first kappa shape index (κ1) is 49.4. The number of hydrogen-bond acceptors (Lipinski definition) is 10. The maximum Gasteiger partial charge on any atom is 0.707 e. The van der Waals surface area contributed by atoms with Crippen molar-refractivity contribution in [2.75, 3.05) is 14.2 Å². The van der Waals surface area contributed by atoms with Gasteiger partial charge in [-0.25, -0.2) is 0 Å². The van der Waals surface area contributed by atoms with Crippen LogP contribution in [0.2, 0.25) is 0 Å². The van der Waals surface area contributed by atoms with Crippen molar-refractivity contribution in [3.63, 3.8) is 0 Å². The lowest BCUT2D eigenvalue weighted by Crippen LogP contribution is -2.21. The summed E-state index contributed by atoms with van der Waals surface area (Å²) < 4.78 is 24.0. The van der Waals surface area contributed by atoms with Crippen LogP contribution in [0.15, 0.2) is 179 Å². The fraction of sp³-hybridized carbons (Fsp3) is 0.0714. The van der Waals surface area contributed by atoms with Crippen molar-refractivity contribution in [3.05, 3.63) is 190 Å². The third-order valence-electron chi connectivity index (χ3n) is 11.7. The van der Waals surface area contributed by atoms with Gasteiger partial charge in [0.15, 0.2) is 11.5 Å². The van der Waals surface area contributed by atoms with Crippen molar-refractivity contribution in [2.24, 2.45) is 0 Å². The van der Waals surface area contributed by atoms with Gasteiger partial charge in [-0.1, -0.05) is 159 Å². The van der Waals surface area contributed by atoms with Crippen molar-refractivity contribution in [3.8, 4) is 67.9 Å². The number of benzene rings is 10. The molecule has 10 nitrogen and oxygen atoms in total. The Balaban J connectivity index is 0.000000163. The number of hydrogen-bond donors (Lipinski definition) is 6. The zero-order valence-electron chi connectivity index (χ0n) is 38.4. The number of aromatic hydroxyl groups is 2. The zero-order valence-corrected chi connectivity index (χ0v) is 41.6. The van der Waals surface area contributed by atoms with E-state index in [1.54, 1.807) is 12.1 Å². The minimum absolute atomic E-state index is 0.107. The summed E-state index contributed by atoms with van der Waals surface area (Å²) in [5, 5.41) is 67.4. The van der Waals surface area contributed by atoms with E-state index in [-0.39, 0.29) is 34.5 Å². The highest BCUT2D eigenvalue weighted by atomic mass is 79.9. The summed E-state index contributed by atoms with van der Waals surface area (Å²) in [6, 6.07) is 54.3. The van der Waals surface area contributed by atoms with Gasteiger partial charge in [0.25, 0.3) is 0 Å². The zero-order chi connectivity index (χ0) is 49.6. The van der Waals surface area contributed by atoms with Crippen LogP contribution in [0, 0.1) is 13.8 Å². The van der Waals surface area contributed by atoms with Crippen LogP contribution in [-0.4, -0.2) is 59.2 Å². The molecule has 0 unspecified atom stereocenters. The van der Waals surface area contributed by atoms with Crippen molar-refractivity contribution in [1.29, 1.82) is 0 Å². The number of halogens is 2. The molecular weight excluding hydrogens is 1010 g/mol. The maximum absolute atomic E-state index is 11.5. The Morgan fingerprint density at radius 2 is 0.771 bits per heavy atom. The van der Waals surface area contributed by atoms with E-state index in [1.807, 2.05) is 172 Å². The third-order valence-corrected chi connectivity index (χ3v) is 12.8. The molecule has 350 valence electrons. The Hall–Kier alpha value is -7.03. The standard InChI is InChI=1S/C28H22O2.C22H20B2O8.C6H4Br2/c1-17-11-13-19(14-12-17)24-16-21-8-4-6-10-23(21)26(28(24)30)25-22-9-5-3-7-20(22)15-18(2)27(25)29;1-29-21-17(31-23(25)26)11-13-7-3-5-9-15(13)19(21)20-16-10-6-4-8-14(16)12-18(22(20)30-2)32-24(27)28;7-5-1-2-6(8)4-3-5/h3-16,29-30H,1-2H3;3-12,25-28H,1-2H3;1-4H. The topological polar surface area (TPSA) is 158 Å². The minimum atomic E-state index is -2.06. The summed E-state index contributed by atoms with van der Waals surface area (Å²) in [6.07, 6.45) is 0. The first-order valence-corrected chi connectivity index (χ1v) is 23.6. The Kier molecular flexibility index (Phi) is 15.3. The molecule has 0 bridgehead atoms. The van der Waals surface area contributed by atoms with Crippen LogP contribution in [0.5, 0.6) is 34.5 Å². The minimum Gasteiger partial charge on any atom is -0.509 e. The molecule has 0 fully saturated rings. The molecule has 14 heteroatoms. The lowest BCUT2D eigenvalue weighted by atomic mass is 9.87. The van der Waals surface area contributed by atoms with E-state index in [2.05, 4.69) is 31.9 Å². The summed E-state index contributed by atoms with van der Waals surface area (Å²) in [5.74, 6) is 1.08. The molecule has 0 atom stereocenters. The van der Waals surface area contributed by atoms with E-state index in [0.717, 1.165) is 68.7 Å². The number of aryl methyl sites for hydroxylation is 2. The molecule has 6 N–H and O–H groups in total. The molecule has 0 amide bonds. The quantitative estimate of drug-likeness (QED) is 0.0769. The van der Waals surface area contributed by atoms with Gasteiger partial charge in [0, 0.05) is 36.8 Å². The second-order valence-corrected chi connectivity index (χ2v) is 18.0. The second kappa shape index (κ2) is 21.7. The first-order chi connectivity index (χ1) is 33.8. The molecule has 70 heavy (non-hydrogen) atoms. The van der Waals surface area contributed by atoms with Crippen LogP contribution in [-0.2, 0) is 0 Å². The molecule has 0 heterocycles. The molecule has 10 rings (SSSR count). The van der Waals surface area contributed by atoms with E-state index >= 15 is 0 Å². The normalized spacial score (nSPS) is 10.8. The van der Waals surface area contributed by atoms with E-state index in [9.17, 15) is 30.3 Å². The van der Waals surface area contributed by atoms with E-state index in [1.165, 1.54) is 19.8 Å². The largest absolute Gasteiger partial charge is 0.707 e.